The molecule has 1 aromatic carbocycles. The van der Waals surface area contributed by atoms with Crippen molar-refractivity contribution in [3.05, 3.63) is 33.8 Å². The molecular formula is C13H13ClN2O3S. The van der Waals surface area contributed by atoms with Crippen molar-refractivity contribution in [1.29, 1.82) is 0 Å². The van der Waals surface area contributed by atoms with Crippen molar-refractivity contribution in [2.75, 3.05) is 19.5 Å². The van der Waals surface area contributed by atoms with Crippen LogP contribution < -0.4 is 10.1 Å². The summed E-state index contributed by atoms with van der Waals surface area (Å²) in [5.74, 6) is 0.187. The maximum absolute atomic E-state index is 11.5. The lowest BCUT2D eigenvalue weighted by Gasteiger charge is -2.09. The minimum absolute atomic E-state index is 0.306. The van der Waals surface area contributed by atoms with Gasteiger partial charge in [-0.1, -0.05) is 11.6 Å². The minimum atomic E-state index is -0.454. The summed E-state index contributed by atoms with van der Waals surface area (Å²) in [6.45, 7) is 1.81. The van der Waals surface area contributed by atoms with Crippen molar-refractivity contribution in [2.24, 2.45) is 0 Å². The second kappa shape index (κ2) is 6.11. The Labute approximate surface area is 125 Å². The first-order valence-electron chi connectivity index (χ1n) is 5.71. The molecule has 0 amide bonds. The number of nitrogens with zero attached hydrogens (tertiary/aromatic N) is 1. The van der Waals surface area contributed by atoms with Gasteiger partial charge < -0.3 is 14.8 Å². The first-order chi connectivity index (χ1) is 9.55. The lowest BCUT2D eigenvalue weighted by molar-refractivity contribution is 0.0594. The average molecular weight is 313 g/mol. The normalized spacial score (nSPS) is 10.2. The number of anilines is 2. The Balaban J connectivity index is 2.31. The van der Waals surface area contributed by atoms with Crippen molar-refractivity contribution in [1.82, 2.24) is 4.98 Å². The molecule has 0 radical (unpaired) electrons. The quantitative estimate of drug-likeness (QED) is 0.873. The highest BCUT2D eigenvalue weighted by Gasteiger charge is 2.16. The number of halogens is 1. The van der Waals surface area contributed by atoms with E-state index in [0.29, 0.717) is 27.3 Å². The summed E-state index contributed by atoms with van der Waals surface area (Å²) in [6.07, 6.45) is 0. The molecule has 0 bridgehead atoms. The second-order valence-corrected chi connectivity index (χ2v) is 5.52. The first kappa shape index (κ1) is 14.6. The predicted octanol–water partition coefficient (Wildman–Crippen LogP) is 3.64. The third-order valence-corrected chi connectivity index (χ3v) is 3.70. The Morgan fingerprint density at radius 2 is 2.15 bits per heavy atom. The van der Waals surface area contributed by atoms with Gasteiger partial charge in [0.05, 0.1) is 19.9 Å². The summed E-state index contributed by atoms with van der Waals surface area (Å²) >= 11 is 7.32. The zero-order valence-electron chi connectivity index (χ0n) is 11.2. The van der Waals surface area contributed by atoms with E-state index >= 15 is 0 Å². The monoisotopic (exact) mass is 312 g/mol. The molecule has 0 atom stereocenters. The van der Waals surface area contributed by atoms with Gasteiger partial charge >= 0.3 is 5.97 Å². The number of thiazole rings is 1. The third-order valence-electron chi connectivity index (χ3n) is 2.58. The molecule has 0 aliphatic rings. The molecule has 2 rings (SSSR count). The topological polar surface area (TPSA) is 60.5 Å². The van der Waals surface area contributed by atoms with Crippen LogP contribution in [0, 0.1) is 6.92 Å². The zero-order chi connectivity index (χ0) is 14.7. The summed E-state index contributed by atoms with van der Waals surface area (Å²) < 4.78 is 9.92. The van der Waals surface area contributed by atoms with Gasteiger partial charge in [0.25, 0.3) is 0 Å². The van der Waals surface area contributed by atoms with Gasteiger partial charge in [0, 0.05) is 9.90 Å². The number of esters is 1. The van der Waals surface area contributed by atoms with Gasteiger partial charge in [-0.3, -0.25) is 0 Å². The molecule has 0 spiro atoms. The van der Waals surface area contributed by atoms with Crippen molar-refractivity contribution < 1.29 is 14.3 Å². The van der Waals surface area contributed by atoms with Crippen LogP contribution in [0.25, 0.3) is 0 Å². The van der Waals surface area contributed by atoms with Gasteiger partial charge in [-0.05, 0) is 25.1 Å². The Morgan fingerprint density at radius 1 is 1.40 bits per heavy atom. The smallest absolute Gasteiger partial charge is 0.357 e. The van der Waals surface area contributed by atoms with Crippen LogP contribution >= 0.6 is 22.9 Å². The maximum atomic E-state index is 11.5. The fraction of sp³-hybridized carbons (Fsp3) is 0.231. The summed E-state index contributed by atoms with van der Waals surface area (Å²) in [6, 6.07) is 5.22. The highest BCUT2D eigenvalue weighted by Crippen LogP contribution is 2.32. The van der Waals surface area contributed by atoms with E-state index in [1.165, 1.54) is 18.4 Å². The highest BCUT2D eigenvalue weighted by molar-refractivity contribution is 7.15. The number of carbonyl (C=O) groups is 1. The fourth-order valence-electron chi connectivity index (χ4n) is 1.63. The maximum Gasteiger partial charge on any atom is 0.357 e. The number of hydrogen-bond donors (Lipinski definition) is 1. The van der Waals surface area contributed by atoms with E-state index in [4.69, 9.17) is 16.3 Å². The van der Waals surface area contributed by atoms with Gasteiger partial charge in [0.2, 0.25) is 0 Å². The molecular weight excluding hydrogens is 300 g/mol. The average Bonchev–Trinajstić information content (AvgIpc) is 2.79. The zero-order valence-corrected chi connectivity index (χ0v) is 12.8. The van der Waals surface area contributed by atoms with Crippen LogP contribution in [0.1, 0.15) is 15.4 Å². The fourth-order valence-corrected chi connectivity index (χ4v) is 2.61. The van der Waals surface area contributed by atoms with Crippen molar-refractivity contribution >= 4 is 39.7 Å². The Kier molecular flexibility index (Phi) is 4.46. The molecule has 0 unspecified atom stereocenters. The highest BCUT2D eigenvalue weighted by atomic mass is 35.5. The van der Waals surface area contributed by atoms with Crippen LogP contribution in [0.2, 0.25) is 5.02 Å². The number of aromatic nitrogens is 1. The van der Waals surface area contributed by atoms with Crippen molar-refractivity contribution in [2.45, 2.75) is 6.92 Å². The molecule has 1 N–H and O–H groups in total. The number of aryl methyl sites for hydroxylation is 1. The lowest BCUT2D eigenvalue weighted by atomic mass is 10.3. The Hall–Kier alpha value is -1.79. The summed E-state index contributed by atoms with van der Waals surface area (Å²) in [4.78, 5) is 16.5. The molecule has 2 aromatic rings. The van der Waals surface area contributed by atoms with E-state index < -0.39 is 5.97 Å². The number of rotatable bonds is 4. The Bertz CT molecular complexity index is 643. The number of nitrogens with one attached hydrogen (secondary N) is 1. The van der Waals surface area contributed by atoms with Crippen molar-refractivity contribution in [3.63, 3.8) is 0 Å². The largest absolute Gasteiger partial charge is 0.495 e. The van der Waals surface area contributed by atoms with E-state index in [9.17, 15) is 4.79 Å². The number of benzene rings is 1. The van der Waals surface area contributed by atoms with Crippen molar-refractivity contribution in [3.8, 4) is 5.75 Å². The minimum Gasteiger partial charge on any atom is -0.495 e. The summed E-state index contributed by atoms with van der Waals surface area (Å²) in [5.41, 5.74) is 0.992. The van der Waals surface area contributed by atoms with Crippen LogP contribution in [-0.4, -0.2) is 25.2 Å². The van der Waals surface area contributed by atoms with E-state index in [-0.39, 0.29) is 0 Å². The van der Waals surface area contributed by atoms with Crippen LogP contribution in [0.3, 0.4) is 0 Å². The van der Waals surface area contributed by atoms with E-state index in [1.54, 1.807) is 25.3 Å². The molecule has 20 heavy (non-hydrogen) atoms. The third kappa shape index (κ3) is 3.02. The molecule has 0 saturated heterocycles. The molecule has 7 heteroatoms. The van der Waals surface area contributed by atoms with Crippen LogP contribution in [0.5, 0.6) is 5.75 Å². The van der Waals surface area contributed by atoms with Gasteiger partial charge in [0.15, 0.2) is 10.8 Å². The molecule has 0 aliphatic carbocycles. The number of ether oxygens (including phenoxy) is 2. The molecule has 0 aliphatic heterocycles. The lowest BCUT2D eigenvalue weighted by Crippen LogP contribution is -2.03. The molecule has 106 valence electrons. The van der Waals surface area contributed by atoms with Crippen LogP contribution in [0.15, 0.2) is 18.2 Å². The van der Waals surface area contributed by atoms with Gasteiger partial charge in [-0.15, -0.1) is 11.3 Å². The first-order valence-corrected chi connectivity index (χ1v) is 6.91. The number of carbonyl (C=O) groups excluding carboxylic acids is 1. The second-order valence-electron chi connectivity index (χ2n) is 3.88. The molecule has 1 heterocycles. The van der Waals surface area contributed by atoms with Gasteiger partial charge in [-0.25, -0.2) is 9.78 Å². The van der Waals surface area contributed by atoms with E-state index in [0.717, 1.165) is 4.88 Å². The molecule has 0 saturated carbocycles. The SMILES string of the molecule is COC(=O)c1nc(Nc2cc(Cl)ccc2OC)sc1C. The molecule has 5 nitrogen and oxygen atoms in total. The Morgan fingerprint density at radius 3 is 2.80 bits per heavy atom. The summed E-state index contributed by atoms with van der Waals surface area (Å²) in [5, 5.41) is 4.25. The van der Waals surface area contributed by atoms with Crippen LogP contribution in [-0.2, 0) is 4.74 Å². The van der Waals surface area contributed by atoms with E-state index in [2.05, 4.69) is 15.0 Å². The molecule has 0 fully saturated rings. The molecule has 1 aromatic heterocycles. The van der Waals surface area contributed by atoms with Gasteiger partial charge in [-0.2, -0.15) is 0 Å². The van der Waals surface area contributed by atoms with E-state index in [1.807, 2.05) is 6.92 Å². The number of methoxy groups -OCH3 is 2. The predicted molar refractivity (Wildman–Crippen MR) is 79.5 cm³/mol. The number of hydrogen-bond acceptors (Lipinski definition) is 6. The standard InChI is InChI=1S/C13H13ClN2O3S/c1-7-11(12(17)19-3)16-13(20-7)15-9-6-8(14)4-5-10(9)18-2/h4-6H,1-3H3,(H,15,16). The summed E-state index contributed by atoms with van der Waals surface area (Å²) in [7, 11) is 2.90. The van der Waals surface area contributed by atoms with Gasteiger partial charge in [0.1, 0.15) is 5.75 Å². The van der Waals surface area contributed by atoms with Crippen LogP contribution in [0.4, 0.5) is 10.8 Å².